The third-order valence-electron chi connectivity index (χ3n) is 6.93. The maximum Gasteiger partial charge on any atom is 0.277 e. The Morgan fingerprint density at radius 2 is 1.58 bits per heavy atom. The van der Waals surface area contributed by atoms with Crippen molar-refractivity contribution >= 4 is 11.7 Å². The number of allylic oxidation sites excluding steroid dienone is 1. The second-order valence-electron chi connectivity index (χ2n) is 9.01. The van der Waals surface area contributed by atoms with E-state index < -0.39 is 23.5 Å². The number of benzene rings is 2. The molecule has 0 aromatic heterocycles. The summed E-state index contributed by atoms with van der Waals surface area (Å²) in [5.41, 5.74) is 4.57. The van der Waals surface area contributed by atoms with Gasteiger partial charge >= 0.3 is 0 Å². The number of aryl methyl sites for hydroxylation is 2. The van der Waals surface area contributed by atoms with Crippen LogP contribution in [0, 0.1) is 0 Å². The summed E-state index contributed by atoms with van der Waals surface area (Å²) in [6.07, 6.45) is 2.79. The van der Waals surface area contributed by atoms with Gasteiger partial charge in [-0.15, -0.1) is 0 Å². The minimum Gasteiger partial charge on any atom is -0.503 e. The summed E-state index contributed by atoms with van der Waals surface area (Å²) in [5.74, 6) is -1.84. The Labute approximate surface area is 212 Å². The summed E-state index contributed by atoms with van der Waals surface area (Å²) >= 11 is 0. The van der Waals surface area contributed by atoms with Crippen LogP contribution in [0.3, 0.4) is 0 Å². The molecule has 1 heterocycles. The number of nitrogens with zero attached hydrogens (tertiary/aromatic N) is 3. The number of carbonyl (C=O) groups is 2. The Bertz CT molecular complexity index is 1120. The molecular weight excluding hydrogens is 458 g/mol. The predicted octanol–water partition coefficient (Wildman–Crippen LogP) is 3.01. The van der Waals surface area contributed by atoms with Gasteiger partial charge in [0.1, 0.15) is 0 Å². The van der Waals surface area contributed by atoms with Crippen molar-refractivity contribution in [2.24, 2.45) is 0 Å². The molecule has 1 aliphatic heterocycles. The van der Waals surface area contributed by atoms with E-state index in [9.17, 15) is 14.7 Å². The highest BCUT2D eigenvalue weighted by molar-refractivity contribution is 6.08. The normalized spacial score (nSPS) is 18.1. The third-order valence-corrected chi connectivity index (χ3v) is 6.93. The largest absolute Gasteiger partial charge is 0.503 e. The predicted molar refractivity (Wildman–Crippen MR) is 136 cm³/mol. The molecule has 1 aliphatic carbocycles. The molecule has 36 heavy (non-hydrogen) atoms. The number of hydrogen-bond donors (Lipinski definition) is 1. The maximum absolute atomic E-state index is 13.7. The Morgan fingerprint density at radius 3 is 2.08 bits per heavy atom. The van der Waals surface area contributed by atoms with E-state index in [4.69, 9.17) is 9.47 Å². The highest BCUT2D eigenvalue weighted by Crippen LogP contribution is 2.40. The van der Waals surface area contributed by atoms with Crippen LogP contribution < -0.4 is 0 Å². The van der Waals surface area contributed by atoms with Gasteiger partial charge in [-0.2, -0.15) is 5.01 Å². The first-order valence-electron chi connectivity index (χ1n) is 12.0. The number of amides is 1. The number of ketones is 1. The molecule has 2 aromatic carbocycles. The van der Waals surface area contributed by atoms with Crippen molar-refractivity contribution in [3.63, 3.8) is 0 Å². The number of methoxy groups -OCH3 is 2. The lowest BCUT2D eigenvalue weighted by atomic mass is 9.94. The molecule has 1 fully saturated rings. The smallest absolute Gasteiger partial charge is 0.277 e. The van der Waals surface area contributed by atoms with Crippen LogP contribution in [0.1, 0.15) is 28.3 Å². The Hall–Kier alpha value is -3.46. The molecule has 0 spiro atoms. The number of rotatable bonds is 8. The molecule has 2 aromatic rings. The van der Waals surface area contributed by atoms with E-state index >= 15 is 0 Å². The van der Waals surface area contributed by atoms with Gasteiger partial charge in [-0.1, -0.05) is 55.1 Å². The van der Waals surface area contributed by atoms with Gasteiger partial charge in [0.05, 0.1) is 32.0 Å². The number of ether oxygens (including phenoxy) is 2. The topological polar surface area (TPSA) is 82.5 Å². The molecule has 0 atom stereocenters. The van der Waals surface area contributed by atoms with E-state index in [1.807, 2.05) is 29.3 Å². The molecule has 0 unspecified atom stereocenters. The van der Waals surface area contributed by atoms with E-state index in [0.29, 0.717) is 0 Å². The fourth-order valence-electron chi connectivity index (χ4n) is 5.15. The van der Waals surface area contributed by atoms with Gasteiger partial charge in [0.15, 0.2) is 11.5 Å². The minimum absolute atomic E-state index is 0.109. The molecule has 4 rings (SSSR count). The van der Waals surface area contributed by atoms with Gasteiger partial charge in [0.25, 0.3) is 5.91 Å². The summed E-state index contributed by atoms with van der Waals surface area (Å²) < 4.78 is 10.8. The minimum atomic E-state index is -0.719. The first-order valence-corrected chi connectivity index (χ1v) is 12.0. The van der Waals surface area contributed by atoms with Crippen molar-refractivity contribution in [2.45, 2.75) is 24.9 Å². The first kappa shape index (κ1) is 25.6. The Morgan fingerprint density at radius 1 is 1.06 bits per heavy atom. The molecule has 8 nitrogen and oxygen atoms in total. The quantitative estimate of drug-likeness (QED) is 0.449. The van der Waals surface area contributed by atoms with Crippen molar-refractivity contribution in [3.05, 3.63) is 94.9 Å². The maximum atomic E-state index is 13.7. The van der Waals surface area contributed by atoms with Gasteiger partial charge in [0, 0.05) is 21.3 Å². The zero-order chi connectivity index (χ0) is 25.8. The summed E-state index contributed by atoms with van der Waals surface area (Å²) in [7, 11) is 4.83. The van der Waals surface area contributed by atoms with Gasteiger partial charge < -0.3 is 19.5 Å². The van der Waals surface area contributed by atoms with Crippen LogP contribution in [0.5, 0.6) is 0 Å². The summed E-state index contributed by atoms with van der Waals surface area (Å²) in [6, 6.07) is 15.9. The molecule has 0 saturated carbocycles. The number of likely N-dealkylation sites (N-methyl/N-ethyl adjacent to an activating group) is 1. The van der Waals surface area contributed by atoms with Crippen molar-refractivity contribution in [1.29, 1.82) is 0 Å². The fraction of sp³-hybridized carbons (Fsp3) is 0.357. The van der Waals surface area contributed by atoms with Gasteiger partial charge in [-0.05, 0) is 41.2 Å². The van der Waals surface area contributed by atoms with Gasteiger partial charge in [-0.3, -0.25) is 14.6 Å². The van der Waals surface area contributed by atoms with Crippen LogP contribution in [0.15, 0.2) is 72.6 Å². The first-order chi connectivity index (χ1) is 17.4. The summed E-state index contributed by atoms with van der Waals surface area (Å²) in [5, 5.41) is 14.5. The number of hydrazine groups is 1. The van der Waals surface area contributed by atoms with Crippen molar-refractivity contribution in [3.8, 4) is 0 Å². The number of aliphatic hydroxyl groups is 1. The summed E-state index contributed by atoms with van der Waals surface area (Å²) in [4.78, 5) is 27.8. The highest BCUT2D eigenvalue weighted by Gasteiger charge is 2.43. The van der Waals surface area contributed by atoms with Crippen LogP contribution in [-0.2, 0) is 31.9 Å². The monoisotopic (exact) mass is 491 g/mol. The zero-order valence-electron chi connectivity index (χ0n) is 21.0. The molecule has 8 heteroatoms. The number of aliphatic hydroxyl groups excluding tert-OH is 1. The zero-order valence-corrected chi connectivity index (χ0v) is 21.0. The van der Waals surface area contributed by atoms with Gasteiger partial charge in [0.2, 0.25) is 5.78 Å². The van der Waals surface area contributed by atoms with Crippen LogP contribution in [0.2, 0.25) is 0 Å². The molecule has 190 valence electrons. The van der Waals surface area contributed by atoms with E-state index in [-0.39, 0.29) is 31.6 Å². The molecule has 0 bridgehead atoms. The second kappa shape index (κ2) is 11.1. The van der Waals surface area contributed by atoms with Crippen LogP contribution in [-0.4, -0.2) is 78.9 Å². The Balaban J connectivity index is 1.92. The van der Waals surface area contributed by atoms with E-state index in [0.717, 1.165) is 30.0 Å². The van der Waals surface area contributed by atoms with E-state index in [2.05, 4.69) is 30.8 Å². The molecule has 1 N–H and O–H groups in total. The number of hydrogen-bond acceptors (Lipinski definition) is 7. The van der Waals surface area contributed by atoms with Crippen LogP contribution in [0.4, 0.5) is 0 Å². The lowest BCUT2D eigenvalue weighted by Crippen LogP contribution is -2.62. The lowest BCUT2D eigenvalue weighted by Gasteiger charge is -2.49. The number of carbonyl (C=O) groups excluding carboxylic acids is 2. The van der Waals surface area contributed by atoms with Crippen molar-refractivity contribution in [2.75, 3.05) is 41.1 Å². The lowest BCUT2D eigenvalue weighted by molar-refractivity contribution is -0.160. The average Bonchev–Trinajstić information content (AvgIpc) is 3.05. The molecule has 1 amide bonds. The van der Waals surface area contributed by atoms with E-state index in [1.54, 1.807) is 31.2 Å². The fourth-order valence-corrected chi connectivity index (χ4v) is 5.15. The van der Waals surface area contributed by atoms with Crippen molar-refractivity contribution < 1.29 is 24.2 Å². The molecule has 2 aliphatic rings. The molecule has 1 saturated heterocycles. The summed E-state index contributed by atoms with van der Waals surface area (Å²) in [6.45, 7) is 4.16. The second-order valence-corrected chi connectivity index (χ2v) is 9.01. The molecule has 0 radical (unpaired) electrons. The molecular formula is C28H33N3O5. The third kappa shape index (κ3) is 4.67. The Kier molecular flexibility index (Phi) is 7.88. The highest BCUT2D eigenvalue weighted by atomic mass is 16.5. The standard InChI is InChI=1S/C28H33N3O5/c1-5-24(32)27(33)26-28(34)30(21(16-35-3)17-36-4)18-31(29(26)2)25-22-12-8-6-10-19(22)14-15-20-11-7-9-13-23(20)25/h5-13,21,25,33H,1,14-18H2,2-4H3/b27-26+. The number of fused-ring (bicyclic) bond motifs is 2. The SMILES string of the molecule is C=CC(=O)/C(O)=C1/C(=O)N(C(COC)COC)CN(C2c3ccccc3CCc3ccccc32)N1C. The van der Waals surface area contributed by atoms with Crippen LogP contribution >= 0.6 is 0 Å². The van der Waals surface area contributed by atoms with Crippen LogP contribution in [0.25, 0.3) is 0 Å². The van der Waals surface area contributed by atoms with Gasteiger partial charge in [-0.25, -0.2) is 0 Å². The van der Waals surface area contributed by atoms with Crippen molar-refractivity contribution in [1.82, 2.24) is 14.9 Å². The average molecular weight is 492 g/mol. The van der Waals surface area contributed by atoms with E-state index in [1.165, 1.54) is 11.1 Å².